The largest absolute Gasteiger partial charge is 0.492 e. The summed E-state index contributed by atoms with van der Waals surface area (Å²) in [5.41, 5.74) is 2.72. The van der Waals surface area contributed by atoms with E-state index in [9.17, 15) is 0 Å². The molecular formula is C19H23ClN2O. The first-order chi connectivity index (χ1) is 11.2. The van der Waals surface area contributed by atoms with Gasteiger partial charge in [-0.3, -0.25) is 4.90 Å². The zero-order chi connectivity index (χ0) is 16.1. The minimum atomic E-state index is 0.699. The first-order valence-corrected chi connectivity index (χ1v) is 8.51. The molecule has 0 N–H and O–H groups in total. The monoisotopic (exact) mass is 330 g/mol. The van der Waals surface area contributed by atoms with Crippen molar-refractivity contribution in [3.05, 3.63) is 59.1 Å². The van der Waals surface area contributed by atoms with Crippen LogP contribution >= 0.6 is 11.6 Å². The van der Waals surface area contributed by atoms with Gasteiger partial charge in [0.15, 0.2) is 0 Å². The van der Waals surface area contributed by atoms with Crippen molar-refractivity contribution in [1.29, 1.82) is 0 Å². The second-order valence-electron chi connectivity index (χ2n) is 5.92. The zero-order valence-electron chi connectivity index (χ0n) is 13.5. The number of aryl methyl sites for hydroxylation is 1. The molecule has 0 atom stereocenters. The number of halogens is 1. The van der Waals surface area contributed by atoms with E-state index >= 15 is 0 Å². The molecule has 0 radical (unpaired) electrons. The number of ether oxygens (including phenoxy) is 1. The first-order valence-electron chi connectivity index (χ1n) is 8.14. The molecule has 1 heterocycles. The van der Waals surface area contributed by atoms with Gasteiger partial charge < -0.3 is 9.64 Å². The van der Waals surface area contributed by atoms with Crippen molar-refractivity contribution >= 4 is 17.3 Å². The van der Waals surface area contributed by atoms with Crippen LogP contribution in [0.2, 0.25) is 5.02 Å². The minimum Gasteiger partial charge on any atom is -0.492 e. The van der Waals surface area contributed by atoms with Gasteiger partial charge in [-0.2, -0.15) is 0 Å². The van der Waals surface area contributed by atoms with Crippen LogP contribution in [0.15, 0.2) is 48.5 Å². The molecule has 4 heteroatoms. The van der Waals surface area contributed by atoms with E-state index in [1.165, 1.54) is 11.3 Å². The van der Waals surface area contributed by atoms with Gasteiger partial charge in [0.2, 0.25) is 0 Å². The van der Waals surface area contributed by atoms with E-state index in [0.717, 1.165) is 38.5 Å². The van der Waals surface area contributed by atoms with E-state index in [-0.39, 0.29) is 0 Å². The number of piperazine rings is 1. The predicted molar refractivity (Wildman–Crippen MR) is 96.8 cm³/mol. The molecule has 1 aliphatic rings. The Kier molecular flexibility index (Phi) is 5.42. The molecule has 0 spiro atoms. The van der Waals surface area contributed by atoms with E-state index in [4.69, 9.17) is 16.3 Å². The van der Waals surface area contributed by atoms with Crippen molar-refractivity contribution in [2.24, 2.45) is 0 Å². The van der Waals surface area contributed by atoms with Crippen LogP contribution in [-0.2, 0) is 0 Å². The Bertz CT molecular complexity index is 639. The topological polar surface area (TPSA) is 15.7 Å². The molecule has 2 aromatic rings. The lowest BCUT2D eigenvalue weighted by atomic mass is 10.1. The fourth-order valence-electron chi connectivity index (χ4n) is 2.98. The van der Waals surface area contributed by atoms with Crippen LogP contribution in [0.5, 0.6) is 5.75 Å². The van der Waals surface area contributed by atoms with Gasteiger partial charge in [-0.05, 0) is 36.8 Å². The highest BCUT2D eigenvalue weighted by Gasteiger charge is 2.17. The summed E-state index contributed by atoms with van der Waals surface area (Å²) >= 11 is 5.96. The Morgan fingerprint density at radius 2 is 1.78 bits per heavy atom. The molecule has 1 aliphatic heterocycles. The Hall–Kier alpha value is -1.71. The average molecular weight is 331 g/mol. The minimum absolute atomic E-state index is 0.699. The molecule has 3 nitrogen and oxygen atoms in total. The Morgan fingerprint density at radius 1 is 1.00 bits per heavy atom. The summed E-state index contributed by atoms with van der Waals surface area (Å²) in [5.74, 6) is 0.844. The molecule has 0 saturated carbocycles. The molecule has 2 aromatic carbocycles. The van der Waals surface area contributed by atoms with Crippen LogP contribution in [0.25, 0.3) is 0 Å². The van der Waals surface area contributed by atoms with Gasteiger partial charge in [0.05, 0.1) is 0 Å². The number of anilines is 1. The quantitative estimate of drug-likeness (QED) is 0.828. The van der Waals surface area contributed by atoms with E-state index in [0.29, 0.717) is 11.6 Å². The molecule has 122 valence electrons. The summed E-state index contributed by atoms with van der Waals surface area (Å²) in [7, 11) is 0. The fraction of sp³-hybridized carbons (Fsp3) is 0.368. The number of hydrogen-bond donors (Lipinski definition) is 0. The maximum atomic E-state index is 5.96. The van der Waals surface area contributed by atoms with Gasteiger partial charge in [0, 0.05) is 43.4 Å². The third kappa shape index (κ3) is 4.40. The van der Waals surface area contributed by atoms with Crippen LogP contribution < -0.4 is 9.64 Å². The van der Waals surface area contributed by atoms with Crippen molar-refractivity contribution < 1.29 is 4.74 Å². The number of hydrogen-bond acceptors (Lipinski definition) is 3. The van der Waals surface area contributed by atoms with Crippen molar-refractivity contribution in [2.45, 2.75) is 6.92 Å². The van der Waals surface area contributed by atoms with E-state index in [1.54, 1.807) is 0 Å². The third-order valence-electron chi connectivity index (χ3n) is 4.30. The Labute approximate surface area is 143 Å². The van der Waals surface area contributed by atoms with Crippen LogP contribution in [0, 0.1) is 6.92 Å². The second-order valence-corrected chi connectivity index (χ2v) is 6.36. The van der Waals surface area contributed by atoms with Crippen molar-refractivity contribution in [3.8, 4) is 5.75 Å². The molecule has 0 amide bonds. The number of benzene rings is 2. The fourth-order valence-corrected chi connectivity index (χ4v) is 3.16. The summed E-state index contributed by atoms with van der Waals surface area (Å²) in [5, 5.41) is 0.717. The number of para-hydroxylation sites is 1. The normalized spacial score (nSPS) is 15.7. The van der Waals surface area contributed by atoms with Gasteiger partial charge in [0.1, 0.15) is 12.4 Å². The van der Waals surface area contributed by atoms with Crippen LogP contribution in [0.4, 0.5) is 5.69 Å². The van der Waals surface area contributed by atoms with Crippen LogP contribution in [0.1, 0.15) is 5.56 Å². The Morgan fingerprint density at radius 3 is 2.52 bits per heavy atom. The maximum Gasteiger partial charge on any atom is 0.120 e. The number of nitrogens with zero attached hydrogens (tertiary/aromatic N) is 2. The van der Waals surface area contributed by atoms with Gasteiger partial charge in [-0.25, -0.2) is 0 Å². The molecule has 0 bridgehead atoms. The molecule has 0 aromatic heterocycles. The molecule has 0 unspecified atom stereocenters. The second kappa shape index (κ2) is 7.71. The Balaban J connectivity index is 1.44. The highest BCUT2D eigenvalue weighted by Crippen LogP contribution is 2.21. The van der Waals surface area contributed by atoms with Gasteiger partial charge >= 0.3 is 0 Å². The van der Waals surface area contributed by atoms with Crippen molar-refractivity contribution in [2.75, 3.05) is 44.2 Å². The first kappa shape index (κ1) is 16.2. The highest BCUT2D eigenvalue weighted by molar-refractivity contribution is 6.30. The standard InChI is InChI=1S/C19H23ClN2O/c1-16-5-2-3-8-19(16)22-11-9-21(10-12-22)13-14-23-18-7-4-6-17(20)15-18/h2-8,15H,9-14H2,1H3. The smallest absolute Gasteiger partial charge is 0.120 e. The molecule has 3 rings (SSSR count). The third-order valence-corrected chi connectivity index (χ3v) is 4.54. The lowest BCUT2D eigenvalue weighted by molar-refractivity contribution is 0.200. The van der Waals surface area contributed by atoms with Crippen LogP contribution in [-0.4, -0.2) is 44.2 Å². The molecule has 1 saturated heterocycles. The van der Waals surface area contributed by atoms with Crippen molar-refractivity contribution in [1.82, 2.24) is 4.90 Å². The molecular weight excluding hydrogens is 308 g/mol. The predicted octanol–water partition coefficient (Wildman–Crippen LogP) is 3.85. The number of rotatable bonds is 5. The lowest BCUT2D eigenvalue weighted by Gasteiger charge is -2.36. The molecule has 1 fully saturated rings. The highest BCUT2D eigenvalue weighted by atomic mass is 35.5. The van der Waals surface area contributed by atoms with E-state index in [2.05, 4.69) is 41.0 Å². The van der Waals surface area contributed by atoms with Crippen LogP contribution in [0.3, 0.4) is 0 Å². The molecule has 0 aliphatic carbocycles. The summed E-state index contributed by atoms with van der Waals surface area (Å²) in [4.78, 5) is 4.93. The maximum absolute atomic E-state index is 5.96. The van der Waals surface area contributed by atoms with E-state index in [1.807, 2.05) is 24.3 Å². The zero-order valence-corrected chi connectivity index (χ0v) is 14.3. The summed E-state index contributed by atoms with van der Waals surface area (Å²) < 4.78 is 5.78. The lowest BCUT2D eigenvalue weighted by Crippen LogP contribution is -2.47. The van der Waals surface area contributed by atoms with Crippen molar-refractivity contribution in [3.63, 3.8) is 0 Å². The SMILES string of the molecule is Cc1ccccc1N1CCN(CCOc2cccc(Cl)c2)CC1. The summed E-state index contributed by atoms with van der Waals surface area (Å²) in [6, 6.07) is 16.2. The van der Waals surface area contributed by atoms with Gasteiger partial charge in [-0.1, -0.05) is 35.9 Å². The summed E-state index contributed by atoms with van der Waals surface area (Å²) in [6.45, 7) is 8.13. The van der Waals surface area contributed by atoms with E-state index < -0.39 is 0 Å². The average Bonchev–Trinajstić information content (AvgIpc) is 2.56. The van der Waals surface area contributed by atoms with Gasteiger partial charge in [0.25, 0.3) is 0 Å². The summed E-state index contributed by atoms with van der Waals surface area (Å²) in [6.07, 6.45) is 0. The van der Waals surface area contributed by atoms with Gasteiger partial charge in [-0.15, -0.1) is 0 Å². The molecule has 23 heavy (non-hydrogen) atoms.